The van der Waals surface area contributed by atoms with Gasteiger partial charge in [0, 0.05) is 5.56 Å². The molecule has 0 aromatic heterocycles. The van der Waals surface area contributed by atoms with Crippen LogP contribution in [0.1, 0.15) is 15.9 Å². The first-order valence-corrected chi connectivity index (χ1v) is 6.21. The summed E-state index contributed by atoms with van der Waals surface area (Å²) in [4.78, 5) is 22.8. The molecular formula is C11H6ClNO2S2. The number of thioether (sulfide) groups is 1. The van der Waals surface area contributed by atoms with E-state index in [2.05, 4.69) is 5.32 Å². The second-order valence-electron chi connectivity index (χ2n) is 3.25. The van der Waals surface area contributed by atoms with Gasteiger partial charge in [0.25, 0.3) is 11.1 Å². The molecule has 1 fully saturated rings. The molecule has 0 bridgehead atoms. The van der Waals surface area contributed by atoms with Gasteiger partial charge in [-0.15, -0.1) is 0 Å². The molecule has 0 spiro atoms. The standard InChI is InChI=1S/C11H6ClNO2S2/c12-9(14)7-3-1-6(2-4-7)5-8-10(15)13-11(16)17-8/h1-5H,(H,13,15,16)/b8-5-. The van der Waals surface area contributed by atoms with E-state index >= 15 is 0 Å². The minimum atomic E-state index is -0.502. The molecule has 1 heterocycles. The van der Waals surface area contributed by atoms with E-state index < -0.39 is 5.24 Å². The third kappa shape index (κ3) is 2.94. The predicted molar refractivity (Wildman–Crippen MR) is 72.9 cm³/mol. The smallest absolute Gasteiger partial charge is 0.263 e. The molecule has 1 aliphatic heterocycles. The Balaban J connectivity index is 2.24. The minimum absolute atomic E-state index is 0.197. The Labute approximate surface area is 112 Å². The van der Waals surface area contributed by atoms with E-state index in [0.29, 0.717) is 14.8 Å². The Morgan fingerprint density at radius 1 is 1.35 bits per heavy atom. The minimum Gasteiger partial charge on any atom is -0.307 e. The maximum atomic E-state index is 11.4. The number of benzene rings is 1. The van der Waals surface area contributed by atoms with Crippen molar-refractivity contribution < 1.29 is 9.59 Å². The molecule has 1 saturated heterocycles. The van der Waals surface area contributed by atoms with E-state index in [4.69, 9.17) is 23.8 Å². The fraction of sp³-hybridized carbons (Fsp3) is 0. The van der Waals surface area contributed by atoms with Crippen LogP contribution in [0.2, 0.25) is 0 Å². The zero-order valence-corrected chi connectivity index (χ0v) is 10.8. The first kappa shape index (κ1) is 12.3. The Morgan fingerprint density at radius 3 is 2.47 bits per heavy atom. The molecule has 2 rings (SSSR count). The van der Waals surface area contributed by atoms with Gasteiger partial charge in [0.1, 0.15) is 4.32 Å². The number of carbonyl (C=O) groups excluding carboxylic acids is 2. The van der Waals surface area contributed by atoms with Gasteiger partial charge in [-0.1, -0.05) is 36.1 Å². The number of hydrogen-bond acceptors (Lipinski definition) is 4. The summed E-state index contributed by atoms with van der Waals surface area (Å²) < 4.78 is 0.453. The average Bonchev–Trinajstić information content (AvgIpc) is 2.58. The van der Waals surface area contributed by atoms with Gasteiger partial charge < -0.3 is 5.32 Å². The summed E-state index contributed by atoms with van der Waals surface area (Å²) >= 11 is 11.4. The second-order valence-corrected chi connectivity index (χ2v) is 5.31. The van der Waals surface area contributed by atoms with Crippen molar-refractivity contribution in [1.29, 1.82) is 0 Å². The number of rotatable bonds is 2. The monoisotopic (exact) mass is 283 g/mol. The molecule has 0 atom stereocenters. The van der Waals surface area contributed by atoms with Crippen LogP contribution in [0.3, 0.4) is 0 Å². The molecule has 0 radical (unpaired) electrons. The van der Waals surface area contributed by atoms with E-state index in [1.54, 1.807) is 30.3 Å². The summed E-state index contributed by atoms with van der Waals surface area (Å²) in [5.41, 5.74) is 1.24. The molecule has 1 aromatic carbocycles. The molecule has 6 heteroatoms. The third-order valence-electron chi connectivity index (χ3n) is 2.08. The fourth-order valence-electron chi connectivity index (χ4n) is 1.28. The molecule has 1 amide bonds. The highest BCUT2D eigenvalue weighted by Gasteiger charge is 2.21. The third-order valence-corrected chi connectivity index (χ3v) is 3.46. The van der Waals surface area contributed by atoms with Crippen LogP contribution in [-0.4, -0.2) is 15.5 Å². The zero-order valence-electron chi connectivity index (χ0n) is 8.40. The quantitative estimate of drug-likeness (QED) is 0.515. The van der Waals surface area contributed by atoms with Gasteiger partial charge in [0.05, 0.1) is 4.91 Å². The molecule has 0 unspecified atom stereocenters. The van der Waals surface area contributed by atoms with E-state index in [1.807, 2.05) is 0 Å². The molecule has 3 nitrogen and oxygen atoms in total. The number of carbonyl (C=O) groups is 2. The Morgan fingerprint density at radius 2 is 2.00 bits per heavy atom. The Kier molecular flexibility index (Phi) is 3.61. The van der Waals surface area contributed by atoms with Crippen LogP contribution in [0.4, 0.5) is 0 Å². The first-order chi connectivity index (χ1) is 8.06. The number of nitrogens with one attached hydrogen (secondary N) is 1. The van der Waals surface area contributed by atoms with Crippen LogP contribution in [0, 0.1) is 0 Å². The number of amides is 1. The first-order valence-electron chi connectivity index (χ1n) is 4.61. The number of halogens is 1. The summed E-state index contributed by atoms with van der Waals surface area (Å²) in [5, 5.41) is 2.03. The van der Waals surface area contributed by atoms with Crippen LogP contribution >= 0.6 is 35.6 Å². The highest BCUT2D eigenvalue weighted by molar-refractivity contribution is 8.26. The van der Waals surface area contributed by atoms with Crippen molar-refractivity contribution in [2.45, 2.75) is 0 Å². The van der Waals surface area contributed by atoms with Crippen molar-refractivity contribution in [2.24, 2.45) is 0 Å². The predicted octanol–water partition coefficient (Wildman–Crippen LogP) is 2.55. The second kappa shape index (κ2) is 5.00. The Hall–Kier alpha value is -1.17. The molecular weight excluding hydrogens is 278 g/mol. The molecule has 1 N–H and O–H groups in total. The van der Waals surface area contributed by atoms with Crippen LogP contribution in [0.5, 0.6) is 0 Å². The van der Waals surface area contributed by atoms with Crippen LogP contribution < -0.4 is 5.32 Å². The van der Waals surface area contributed by atoms with Crippen molar-refractivity contribution in [1.82, 2.24) is 5.32 Å². The van der Waals surface area contributed by atoms with E-state index in [-0.39, 0.29) is 5.91 Å². The largest absolute Gasteiger partial charge is 0.307 e. The van der Waals surface area contributed by atoms with Crippen LogP contribution in [0.15, 0.2) is 29.2 Å². The molecule has 0 aliphatic carbocycles. The SMILES string of the molecule is O=C1NC(=S)S/C1=C\c1ccc(C(=O)Cl)cc1. The van der Waals surface area contributed by atoms with Crippen LogP contribution in [0.25, 0.3) is 6.08 Å². The maximum Gasteiger partial charge on any atom is 0.263 e. The number of thiocarbonyl (C=S) groups is 1. The molecule has 17 heavy (non-hydrogen) atoms. The van der Waals surface area contributed by atoms with E-state index in [9.17, 15) is 9.59 Å². The van der Waals surface area contributed by atoms with Crippen molar-refractivity contribution in [2.75, 3.05) is 0 Å². The lowest BCUT2D eigenvalue weighted by Crippen LogP contribution is -2.17. The summed E-state index contributed by atoms with van der Waals surface area (Å²) in [6, 6.07) is 6.66. The van der Waals surface area contributed by atoms with Crippen LogP contribution in [-0.2, 0) is 4.79 Å². The van der Waals surface area contributed by atoms with Crippen molar-refractivity contribution >= 4 is 57.1 Å². The van der Waals surface area contributed by atoms with E-state index in [0.717, 1.165) is 5.56 Å². The topological polar surface area (TPSA) is 46.2 Å². The highest BCUT2D eigenvalue weighted by Crippen LogP contribution is 2.25. The van der Waals surface area contributed by atoms with Gasteiger partial charge in [-0.05, 0) is 35.4 Å². The van der Waals surface area contributed by atoms with Gasteiger partial charge in [-0.2, -0.15) is 0 Å². The lowest BCUT2D eigenvalue weighted by atomic mass is 10.1. The summed E-state index contributed by atoms with van der Waals surface area (Å²) in [6.45, 7) is 0. The summed E-state index contributed by atoms with van der Waals surface area (Å²) in [7, 11) is 0. The van der Waals surface area contributed by atoms with Gasteiger partial charge in [0.2, 0.25) is 0 Å². The summed E-state index contributed by atoms with van der Waals surface area (Å²) in [6.07, 6.45) is 1.71. The average molecular weight is 284 g/mol. The lowest BCUT2D eigenvalue weighted by Gasteiger charge is -1.96. The normalized spacial score (nSPS) is 17.4. The van der Waals surface area contributed by atoms with Gasteiger partial charge in [-0.3, -0.25) is 9.59 Å². The summed E-state index contributed by atoms with van der Waals surface area (Å²) in [5.74, 6) is -0.197. The van der Waals surface area contributed by atoms with Crippen molar-refractivity contribution in [3.63, 3.8) is 0 Å². The molecule has 1 aliphatic rings. The Bertz CT molecular complexity index is 537. The fourth-order valence-corrected chi connectivity index (χ4v) is 2.45. The highest BCUT2D eigenvalue weighted by atomic mass is 35.5. The number of hydrogen-bond donors (Lipinski definition) is 1. The zero-order chi connectivity index (χ0) is 12.4. The van der Waals surface area contributed by atoms with Crippen molar-refractivity contribution in [3.8, 4) is 0 Å². The van der Waals surface area contributed by atoms with Gasteiger partial charge >= 0.3 is 0 Å². The van der Waals surface area contributed by atoms with E-state index in [1.165, 1.54) is 11.8 Å². The maximum absolute atomic E-state index is 11.4. The van der Waals surface area contributed by atoms with Crippen molar-refractivity contribution in [3.05, 3.63) is 40.3 Å². The molecule has 86 valence electrons. The molecule has 0 saturated carbocycles. The molecule has 1 aromatic rings. The van der Waals surface area contributed by atoms with Gasteiger partial charge in [-0.25, -0.2) is 0 Å². The lowest BCUT2D eigenvalue weighted by molar-refractivity contribution is -0.115. The van der Waals surface area contributed by atoms with Gasteiger partial charge in [0.15, 0.2) is 0 Å².